The molecule has 1 fully saturated rings. The van der Waals surface area contributed by atoms with Crippen molar-refractivity contribution in [1.29, 1.82) is 0 Å². The number of nitrogens with zero attached hydrogens (tertiary/aromatic N) is 1. The van der Waals surface area contributed by atoms with E-state index in [1.165, 1.54) is 6.07 Å². The third-order valence-electron chi connectivity index (χ3n) is 2.06. The number of aromatic carboxylic acids is 1. The molecule has 1 aromatic heterocycles. The average Bonchev–Trinajstić information content (AvgIpc) is 2.97. The second-order valence-corrected chi connectivity index (χ2v) is 3.74. The number of carboxylic acid groups (broad SMARTS) is 1. The lowest BCUT2D eigenvalue weighted by Gasteiger charge is -1.97. The van der Waals surface area contributed by atoms with Gasteiger partial charge in [0, 0.05) is 5.92 Å². The maximum absolute atomic E-state index is 10.6. The first-order chi connectivity index (χ1) is 7.16. The summed E-state index contributed by atoms with van der Waals surface area (Å²) in [5.41, 5.74) is 0.533. The highest BCUT2D eigenvalue weighted by Gasteiger charge is 2.18. The van der Waals surface area contributed by atoms with Gasteiger partial charge in [-0.1, -0.05) is 17.5 Å². The lowest BCUT2D eigenvalue weighted by molar-refractivity contribution is 0.0696. The molecule has 1 aromatic rings. The first-order valence-corrected chi connectivity index (χ1v) is 4.96. The van der Waals surface area contributed by atoms with E-state index in [0.29, 0.717) is 11.6 Å². The summed E-state index contributed by atoms with van der Waals surface area (Å²) in [6, 6.07) is 3.00. The number of pyridine rings is 1. The van der Waals surface area contributed by atoms with Gasteiger partial charge < -0.3 is 5.11 Å². The van der Waals surface area contributed by atoms with Crippen molar-refractivity contribution >= 4 is 17.6 Å². The standard InChI is InChI=1S/C11H8ClNO2/c12-10-9(11(14)15)6-5-8(13-10)4-3-7-1-2-7/h5-7H,1-2H2,(H,14,15). The van der Waals surface area contributed by atoms with Crippen molar-refractivity contribution in [2.24, 2.45) is 5.92 Å². The summed E-state index contributed by atoms with van der Waals surface area (Å²) in [7, 11) is 0. The van der Waals surface area contributed by atoms with Gasteiger partial charge in [-0.25, -0.2) is 9.78 Å². The van der Waals surface area contributed by atoms with Gasteiger partial charge in [-0.05, 0) is 30.9 Å². The van der Waals surface area contributed by atoms with Gasteiger partial charge in [-0.3, -0.25) is 0 Å². The summed E-state index contributed by atoms with van der Waals surface area (Å²) in [5.74, 6) is 5.32. The summed E-state index contributed by atoms with van der Waals surface area (Å²) in [5, 5.41) is 8.72. The van der Waals surface area contributed by atoms with Gasteiger partial charge in [0.1, 0.15) is 10.8 Å². The van der Waals surface area contributed by atoms with E-state index in [0.717, 1.165) is 12.8 Å². The minimum absolute atomic E-state index is 0.00800. The summed E-state index contributed by atoms with van der Waals surface area (Å²) in [6.45, 7) is 0. The van der Waals surface area contributed by atoms with Gasteiger partial charge >= 0.3 is 5.97 Å². The van der Waals surface area contributed by atoms with Crippen LogP contribution in [0.2, 0.25) is 5.15 Å². The topological polar surface area (TPSA) is 50.2 Å². The molecule has 1 aliphatic rings. The fourth-order valence-electron chi connectivity index (χ4n) is 1.07. The Morgan fingerprint density at radius 1 is 1.53 bits per heavy atom. The van der Waals surface area contributed by atoms with Crippen molar-refractivity contribution in [2.45, 2.75) is 12.8 Å². The molecule has 0 amide bonds. The van der Waals surface area contributed by atoms with E-state index < -0.39 is 5.97 Å². The Kier molecular flexibility index (Phi) is 2.61. The van der Waals surface area contributed by atoms with Gasteiger partial charge in [-0.15, -0.1) is 0 Å². The molecular formula is C11H8ClNO2. The van der Waals surface area contributed by atoms with Crippen LogP contribution in [0.5, 0.6) is 0 Å². The molecule has 0 aliphatic heterocycles. The molecule has 0 spiro atoms. The molecule has 4 heteroatoms. The number of carboxylic acids is 1. The van der Waals surface area contributed by atoms with Crippen LogP contribution >= 0.6 is 11.6 Å². The van der Waals surface area contributed by atoms with E-state index in [2.05, 4.69) is 16.8 Å². The number of carbonyl (C=O) groups is 1. The fraction of sp³-hybridized carbons (Fsp3) is 0.273. The quantitative estimate of drug-likeness (QED) is 0.584. The monoisotopic (exact) mass is 221 g/mol. The Labute approximate surface area is 92.1 Å². The van der Waals surface area contributed by atoms with Gasteiger partial charge in [0.2, 0.25) is 0 Å². The predicted octanol–water partition coefficient (Wildman–Crippen LogP) is 2.19. The van der Waals surface area contributed by atoms with Crippen molar-refractivity contribution in [2.75, 3.05) is 0 Å². The number of halogens is 1. The largest absolute Gasteiger partial charge is 0.478 e. The van der Waals surface area contributed by atoms with Crippen LogP contribution in [-0.2, 0) is 0 Å². The Morgan fingerprint density at radius 2 is 2.27 bits per heavy atom. The van der Waals surface area contributed by atoms with Crippen LogP contribution in [0, 0.1) is 17.8 Å². The molecule has 1 heterocycles. The Hall–Kier alpha value is -1.53. The highest BCUT2D eigenvalue weighted by Crippen LogP contribution is 2.27. The molecule has 15 heavy (non-hydrogen) atoms. The fourth-order valence-corrected chi connectivity index (χ4v) is 1.30. The van der Waals surface area contributed by atoms with Crippen LogP contribution in [0.4, 0.5) is 0 Å². The third-order valence-corrected chi connectivity index (χ3v) is 2.35. The third kappa shape index (κ3) is 2.48. The molecule has 2 rings (SSSR count). The number of aromatic nitrogens is 1. The van der Waals surface area contributed by atoms with E-state index in [1.807, 2.05) is 0 Å². The lowest BCUT2D eigenvalue weighted by Crippen LogP contribution is -1.99. The van der Waals surface area contributed by atoms with Crippen LogP contribution in [-0.4, -0.2) is 16.1 Å². The summed E-state index contributed by atoms with van der Waals surface area (Å²) in [4.78, 5) is 14.6. The second kappa shape index (κ2) is 3.92. The average molecular weight is 222 g/mol. The number of hydrogen-bond acceptors (Lipinski definition) is 2. The van der Waals surface area contributed by atoms with Gasteiger partial charge in [0.05, 0.1) is 5.56 Å². The molecule has 76 valence electrons. The lowest BCUT2D eigenvalue weighted by atomic mass is 10.2. The minimum atomic E-state index is -1.07. The maximum atomic E-state index is 10.6. The van der Waals surface area contributed by atoms with Gasteiger partial charge in [0.25, 0.3) is 0 Å². The zero-order chi connectivity index (χ0) is 10.8. The Balaban J connectivity index is 2.25. The normalized spacial score (nSPS) is 14.2. The summed E-state index contributed by atoms with van der Waals surface area (Å²) < 4.78 is 0. The van der Waals surface area contributed by atoms with Crippen molar-refractivity contribution in [3.05, 3.63) is 28.5 Å². The van der Waals surface area contributed by atoms with Crippen molar-refractivity contribution in [1.82, 2.24) is 4.98 Å². The van der Waals surface area contributed by atoms with Crippen LogP contribution in [0.1, 0.15) is 28.9 Å². The Bertz CT molecular complexity index is 469. The van der Waals surface area contributed by atoms with Crippen LogP contribution in [0.3, 0.4) is 0 Å². The second-order valence-electron chi connectivity index (χ2n) is 3.38. The predicted molar refractivity (Wildman–Crippen MR) is 55.8 cm³/mol. The SMILES string of the molecule is O=C(O)c1ccc(C#CC2CC2)nc1Cl. The first-order valence-electron chi connectivity index (χ1n) is 4.58. The van der Waals surface area contributed by atoms with Gasteiger partial charge in [-0.2, -0.15) is 0 Å². The summed E-state index contributed by atoms with van der Waals surface area (Å²) in [6.07, 6.45) is 2.29. The van der Waals surface area contributed by atoms with E-state index in [4.69, 9.17) is 16.7 Å². The minimum Gasteiger partial charge on any atom is -0.478 e. The molecule has 0 bridgehead atoms. The molecule has 0 aromatic carbocycles. The van der Waals surface area contributed by atoms with Crippen LogP contribution in [0.15, 0.2) is 12.1 Å². The van der Waals surface area contributed by atoms with E-state index >= 15 is 0 Å². The number of rotatable bonds is 1. The molecule has 1 aliphatic carbocycles. The molecule has 0 atom stereocenters. The zero-order valence-electron chi connectivity index (χ0n) is 7.83. The molecule has 0 radical (unpaired) electrons. The van der Waals surface area contributed by atoms with E-state index in [-0.39, 0.29) is 10.7 Å². The Morgan fingerprint density at radius 3 is 2.80 bits per heavy atom. The van der Waals surface area contributed by atoms with E-state index in [1.54, 1.807) is 6.07 Å². The summed E-state index contributed by atoms with van der Waals surface area (Å²) >= 11 is 5.70. The number of hydrogen-bond donors (Lipinski definition) is 1. The molecule has 1 saturated carbocycles. The highest BCUT2D eigenvalue weighted by molar-refractivity contribution is 6.32. The molecule has 0 saturated heterocycles. The van der Waals surface area contributed by atoms with Crippen molar-refractivity contribution in [3.8, 4) is 11.8 Å². The van der Waals surface area contributed by atoms with Crippen molar-refractivity contribution in [3.63, 3.8) is 0 Å². The first kappa shape index (κ1) is 10.0. The van der Waals surface area contributed by atoms with Crippen LogP contribution < -0.4 is 0 Å². The van der Waals surface area contributed by atoms with Gasteiger partial charge in [0.15, 0.2) is 0 Å². The molecule has 0 unspecified atom stereocenters. The van der Waals surface area contributed by atoms with E-state index in [9.17, 15) is 4.79 Å². The smallest absolute Gasteiger partial charge is 0.338 e. The molecule has 3 nitrogen and oxygen atoms in total. The zero-order valence-corrected chi connectivity index (χ0v) is 8.58. The van der Waals surface area contributed by atoms with Crippen molar-refractivity contribution < 1.29 is 9.90 Å². The molecule has 1 N–H and O–H groups in total. The highest BCUT2D eigenvalue weighted by atomic mass is 35.5. The van der Waals surface area contributed by atoms with Crippen LogP contribution in [0.25, 0.3) is 0 Å². The molecular weight excluding hydrogens is 214 g/mol. The maximum Gasteiger partial charge on any atom is 0.338 e.